The molecule has 0 atom stereocenters. The number of aromatic nitrogens is 1. The molecule has 0 spiro atoms. The highest BCUT2D eigenvalue weighted by Crippen LogP contribution is 2.24. The number of alkyl halides is 2. The minimum atomic E-state index is -2.98. The fourth-order valence-corrected chi connectivity index (χ4v) is 1.19. The molecule has 3 nitrogen and oxygen atoms in total. The summed E-state index contributed by atoms with van der Waals surface area (Å²) in [6, 6.07) is 0.935. The van der Waals surface area contributed by atoms with Gasteiger partial charge in [-0.3, -0.25) is 9.78 Å². The van der Waals surface area contributed by atoms with Crippen LogP contribution in [-0.4, -0.2) is 16.1 Å². The number of hydrogen-bond donors (Lipinski definition) is 1. The van der Waals surface area contributed by atoms with E-state index in [-0.39, 0.29) is 5.69 Å². The van der Waals surface area contributed by atoms with Gasteiger partial charge in [0.1, 0.15) is 11.5 Å². The van der Waals surface area contributed by atoms with Crippen LogP contribution in [0, 0.1) is 12.7 Å². The van der Waals surface area contributed by atoms with Gasteiger partial charge in [0.15, 0.2) is 0 Å². The Morgan fingerprint density at radius 1 is 1.60 bits per heavy atom. The van der Waals surface area contributed by atoms with Crippen molar-refractivity contribution >= 4 is 5.97 Å². The highest BCUT2D eigenvalue weighted by Gasteiger charge is 2.21. The summed E-state index contributed by atoms with van der Waals surface area (Å²) >= 11 is 0. The maximum atomic E-state index is 13.2. The number of nitrogens with zero attached hydrogens (tertiary/aromatic N) is 1. The van der Waals surface area contributed by atoms with E-state index in [2.05, 4.69) is 4.98 Å². The lowest BCUT2D eigenvalue weighted by Crippen LogP contribution is -2.09. The van der Waals surface area contributed by atoms with Crippen molar-refractivity contribution in [1.29, 1.82) is 0 Å². The maximum absolute atomic E-state index is 13.2. The lowest BCUT2D eigenvalue weighted by molar-refractivity contribution is -0.136. The molecular formula is C9H8F3NO2. The number of pyridine rings is 1. The minimum Gasteiger partial charge on any atom is -0.481 e. The zero-order valence-electron chi connectivity index (χ0n) is 7.80. The molecule has 0 aliphatic heterocycles. The number of aryl methyl sites for hydroxylation is 1. The van der Waals surface area contributed by atoms with Crippen LogP contribution in [0.2, 0.25) is 0 Å². The van der Waals surface area contributed by atoms with Gasteiger partial charge in [-0.15, -0.1) is 0 Å². The van der Waals surface area contributed by atoms with Gasteiger partial charge in [0.2, 0.25) is 0 Å². The SMILES string of the molecule is Cc1cc(F)c(CC(=O)O)c(C(F)F)n1. The smallest absolute Gasteiger partial charge is 0.308 e. The average Bonchev–Trinajstić information content (AvgIpc) is 2.08. The summed E-state index contributed by atoms with van der Waals surface area (Å²) in [5, 5.41) is 8.43. The molecule has 0 saturated carbocycles. The average molecular weight is 219 g/mol. The first kappa shape index (κ1) is 11.5. The van der Waals surface area contributed by atoms with E-state index in [1.54, 1.807) is 0 Å². The summed E-state index contributed by atoms with van der Waals surface area (Å²) in [4.78, 5) is 13.8. The largest absolute Gasteiger partial charge is 0.481 e. The summed E-state index contributed by atoms with van der Waals surface area (Å²) in [5.41, 5.74) is -1.25. The monoisotopic (exact) mass is 219 g/mol. The first-order chi connectivity index (χ1) is 6.91. The number of carbonyl (C=O) groups is 1. The Bertz CT molecular complexity index is 393. The molecule has 1 heterocycles. The van der Waals surface area contributed by atoms with E-state index in [1.807, 2.05) is 0 Å². The van der Waals surface area contributed by atoms with E-state index in [0.717, 1.165) is 6.07 Å². The third-order valence-electron chi connectivity index (χ3n) is 1.76. The molecule has 0 radical (unpaired) electrons. The minimum absolute atomic E-state index is 0.0944. The third-order valence-corrected chi connectivity index (χ3v) is 1.76. The molecule has 1 rings (SSSR count). The summed E-state index contributed by atoms with van der Waals surface area (Å²) in [6.07, 6.45) is -3.77. The fourth-order valence-electron chi connectivity index (χ4n) is 1.19. The maximum Gasteiger partial charge on any atom is 0.308 e. The number of carboxylic acid groups (broad SMARTS) is 1. The Balaban J connectivity index is 3.26. The molecule has 0 aliphatic carbocycles. The first-order valence-electron chi connectivity index (χ1n) is 4.07. The lowest BCUT2D eigenvalue weighted by atomic mass is 10.1. The van der Waals surface area contributed by atoms with Gasteiger partial charge in [-0.25, -0.2) is 13.2 Å². The second-order valence-electron chi connectivity index (χ2n) is 2.98. The molecule has 0 aromatic carbocycles. The van der Waals surface area contributed by atoms with Crippen LogP contribution >= 0.6 is 0 Å². The van der Waals surface area contributed by atoms with Gasteiger partial charge in [-0.2, -0.15) is 0 Å². The van der Waals surface area contributed by atoms with Crippen molar-refractivity contribution in [3.05, 3.63) is 28.8 Å². The van der Waals surface area contributed by atoms with Crippen molar-refractivity contribution in [3.63, 3.8) is 0 Å². The van der Waals surface area contributed by atoms with E-state index in [4.69, 9.17) is 5.11 Å². The Hall–Kier alpha value is -1.59. The summed E-state index contributed by atoms with van der Waals surface area (Å²) < 4.78 is 38.0. The fraction of sp³-hybridized carbons (Fsp3) is 0.333. The lowest BCUT2D eigenvalue weighted by Gasteiger charge is -2.08. The second kappa shape index (κ2) is 4.29. The quantitative estimate of drug-likeness (QED) is 0.846. The molecule has 0 aliphatic rings. The van der Waals surface area contributed by atoms with E-state index in [0.29, 0.717) is 0 Å². The van der Waals surface area contributed by atoms with Gasteiger partial charge in [0.25, 0.3) is 6.43 Å². The van der Waals surface area contributed by atoms with Gasteiger partial charge < -0.3 is 5.11 Å². The van der Waals surface area contributed by atoms with Crippen LogP contribution in [0.3, 0.4) is 0 Å². The molecule has 0 unspecified atom stereocenters. The van der Waals surface area contributed by atoms with Gasteiger partial charge in [-0.1, -0.05) is 0 Å². The van der Waals surface area contributed by atoms with Gasteiger partial charge in [-0.05, 0) is 13.0 Å². The first-order valence-corrected chi connectivity index (χ1v) is 4.07. The Morgan fingerprint density at radius 3 is 2.67 bits per heavy atom. The second-order valence-corrected chi connectivity index (χ2v) is 2.98. The van der Waals surface area contributed by atoms with E-state index in [9.17, 15) is 18.0 Å². The Kier molecular flexibility index (Phi) is 3.28. The Morgan fingerprint density at radius 2 is 2.20 bits per heavy atom. The van der Waals surface area contributed by atoms with Gasteiger partial charge in [0.05, 0.1) is 6.42 Å². The number of rotatable bonds is 3. The normalized spacial score (nSPS) is 10.7. The predicted octanol–water partition coefficient (Wildman–Crippen LogP) is 2.09. The number of halogens is 3. The van der Waals surface area contributed by atoms with Crippen LogP contribution in [0.1, 0.15) is 23.4 Å². The Labute approximate surface area is 83.6 Å². The summed E-state index contributed by atoms with van der Waals surface area (Å²) in [5.74, 6) is -2.33. The molecule has 1 aromatic rings. The van der Waals surface area contributed by atoms with Crippen LogP contribution in [-0.2, 0) is 11.2 Å². The van der Waals surface area contributed by atoms with E-state index >= 15 is 0 Å². The molecule has 0 saturated heterocycles. The summed E-state index contributed by atoms with van der Waals surface area (Å²) in [7, 11) is 0. The van der Waals surface area contributed by atoms with Crippen LogP contribution in [0.5, 0.6) is 0 Å². The van der Waals surface area contributed by atoms with Gasteiger partial charge in [0, 0.05) is 11.3 Å². The molecule has 6 heteroatoms. The van der Waals surface area contributed by atoms with Crippen molar-refractivity contribution in [3.8, 4) is 0 Å². The topological polar surface area (TPSA) is 50.2 Å². The van der Waals surface area contributed by atoms with Crippen LogP contribution in [0.15, 0.2) is 6.07 Å². The van der Waals surface area contributed by atoms with Crippen LogP contribution in [0.4, 0.5) is 13.2 Å². The van der Waals surface area contributed by atoms with Crippen LogP contribution < -0.4 is 0 Å². The van der Waals surface area contributed by atoms with Crippen molar-refractivity contribution in [2.24, 2.45) is 0 Å². The molecule has 1 N–H and O–H groups in total. The predicted molar refractivity (Wildman–Crippen MR) is 45.2 cm³/mol. The number of hydrogen-bond acceptors (Lipinski definition) is 2. The highest BCUT2D eigenvalue weighted by molar-refractivity contribution is 5.70. The highest BCUT2D eigenvalue weighted by atomic mass is 19.3. The van der Waals surface area contributed by atoms with Gasteiger partial charge >= 0.3 is 5.97 Å². The van der Waals surface area contributed by atoms with Crippen molar-refractivity contribution in [2.45, 2.75) is 19.8 Å². The number of carboxylic acids is 1. The molecule has 0 bridgehead atoms. The van der Waals surface area contributed by atoms with Crippen molar-refractivity contribution in [2.75, 3.05) is 0 Å². The van der Waals surface area contributed by atoms with E-state index < -0.39 is 35.9 Å². The van der Waals surface area contributed by atoms with Crippen LogP contribution in [0.25, 0.3) is 0 Å². The van der Waals surface area contributed by atoms with E-state index in [1.165, 1.54) is 6.92 Å². The summed E-state index contributed by atoms with van der Waals surface area (Å²) in [6.45, 7) is 1.36. The van der Waals surface area contributed by atoms with Crippen molar-refractivity contribution < 1.29 is 23.1 Å². The van der Waals surface area contributed by atoms with Crippen molar-refractivity contribution in [1.82, 2.24) is 4.98 Å². The third kappa shape index (κ3) is 2.68. The molecular weight excluding hydrogens is 211 g/mol. The number of aliphatic carboxylic acids is 1. The molecule has 15 heavy (non-hydrogen) atoms. The molecule has 1 aromatic heterocycles. The zero-order chi connectivity index (χ0) is 11.6. The molecule has 0 fully saturated rings. The molecule has 82 valence electrons. The molecule has 0 amide bonds. The zero-order valence-corrected chi connectivity index (χ0v) is 7.80. The standard InChI is InChI=1S/C9H8F3NO2/c1-4-2-6(10)5(3-7(14)15)8(13-4)9(11)12/h2,9H,3H2,1H3,(H,14,15).